The average molecular weight is 166 g/mol. The van der Waals surface area contributed by atoms with Gasteiger partial charge in [0.2, 0.25) is 0 Å². The molecule has 0 spiro atoms. The second kappa shape index (κ2) is 4.00. The van der Waals surface area contributed by atoms with Crippen molar-refractivity contribution < 1.29 is 9.47 Å². The molecule has 0 fully saturated rings. The lowest BCUT2D eigenvalue weighted by molar-refractivity contribution is 0.354. The maximum Gasteiger partial charge on any atom is 0.160 e. The molecule has 0 unspecified atom stereocenters. The van der Waals surface area contributed by atoms with Crippen molar-refractivity contribution in [3.05, 3.63) is 23.8 Å². The van der Waals surface area contributed by atoms with Crippen LogP contribution in [0.4, 0.5) is 0 Å². The molecule has 1 aromatic rings. The highest BCUT2D eigenvalue weighted by Gasteiger charge is 2.02. The minimum Gasteiger partial charge on any atom is -0.493 e. The Hall–Kier alpha value is -1.18. The van der Waals surface area contributed by atoms with Crippen LogP contribution in [0.2, 0.25) is 0 Å². The monoisotopic (exact) mass is 166 g/mol. The van der Waals surface area contributed by atoms with E-state index in [1.165, 1.54) is 5.56 Å². The summed E-state index contributed by atoms with van der Waals surface area (Å²) in [5.41, 5.74) is 1.26. The molecule has 0 aromatic heterocycles. The summed E-state index contributed by atoms with van der Waals surface area (Å²) in [6.45, 7) is 2.11. The SMILES string of the molecule is CCc1ccc(OC)c(OC)c1. The molecule has 2 heteroatoms. The number of ether oxygens (including phenoxy) is 2. The van der Waals surface area contributed by atoms with Gasteiger partial charge in [-0.15, -0.1) is 0 Å². The fraction of sp³-hybridized carbons (Fsp3) is 0.400. The number of benzene rings is 1. The van der Waals surface area contributed by atoms with Gasteiger partial charge in [-0.25, -0.2) is 0 Å². The molecule has 0 aliphatic carbocycles. The molecule has 0 N–H and O–H groups in total. The smallest absolute Gasteiger partial charge is 0.160 e. The minimum atomic E-state index is 0.787. The van der Waals surface area contributed by atoms with E-state index in [0.717, 1.165) is 17.9 Å². The van der Waals surface area contributed by atoms with Gasteiger partial charge in [0.25, 0.3) is 0 Å². The Morgan fingerprint density at radius 1 is 1.08 bits per heavy atom. The summed E-state index contributed by atoms with van der Waals surface area (Å²) in [5, 5.41) is 0. The van der Waals surface area contributed by atoms with Crippen LogP contribution in [0.25, 0.3) is 0 Å². The number of methoxy groups -OCH3 is 2. The molecule has 0 amide bonds. The first-order chi connectivity index (χ1) is 5.81. The number of hydrogen-bond acceptors (Lipinski definition) is 2. The molecule has 0 saturated carbocycles. The first-order valence-corrected chi connectivity index (χ1v) is 4.02. The highest BCUT2D eigenvalue weighted by molar-refractivity contribution is 5.42. The lowest BCUT2D eigenvalue weighted by Gasteiger charge is -2.07. The van der Waals surface area contributed by atoms with Crippen LogP contribution in [-0.2, 0) is 6.42 Å². The van der Waals surface area contributed by atoms with Gasteiger partial charge in [-0.1, -0.05) is 13.0 Å². The van der Waals surface area contributed by atoms with E-state index in [4.69, 9.17) is 9.47 Å². The van der Waals surface area contributed by atoms with Crippen molar-refractivity contribution in [3.8, 4) is 11.5 Å². The molecule has 1 aromatic carbocycles. The van der Waals surface area contributed by atoms with E-state index in [9.17, 15) is 0 Å². The minimum absolute atomic E-state index is 0.787. The van der Waals surface area contributed by atoms with Crippen molar-refractivity contribution >= 4 is 0 Å². The summed E-state index contributed by atoms with van der Waals surface area (Å²) in [4.78, 5) is 0. The van der Waals surface area contributed by atoms with Gasteiger partial charge in [-0.05, 0) is 24.1 Å². The molecule has 0 aliphatic rings. The first kappa shape index (κ1) is 8.91. The predicted octanol–water partition coefficient (Wildman–Crippen LogP) is 2.27. The van der Waals surface area contributed by atoms with E-state index in [1.807, 2.05) is 18.2 Å². The molecule has 0 saturated heterocycles. The van der Waals surface area contributed by atoms with E-state index < -0.39 is 0 Å². The highest BCUT2D eigenvalue weighted by atomic mass is 16.5. The van der Waals surface area contributed by atoms with Crippen LogP contribution >= 0.6 is 0 Å². The molecule has 1 rings (SSSR count). The molecule has 0 heterocycles. The summed E-state index contributed by atoms with van der Waals surface area (Å²) in [6, 6.07) is 5.97. The summed E-state index contributed by atoms with van der Waals surface area (Å²) >= 11 is 0. The van der Waals surface area contributed by atoms with Crippen LogP contribution in [0.15, 0.2) is 18.2 Å². The van der Waals surface area contributed by atoms with Crippen molar-refractivity contribution in [1.29, 1.82) is 0 Å². The largest absolute Gasteiger partial charge is 0.493 e. The zero-order valence-corrected chi connectivity index (χ0v) is 7.76. The predicted molar refractivity (Wildman–Crippen MR) is 48.9 cm³/mol. The van der Waals surface area contributed by atoms with Crippen LogP contribution in [0, 0.1) is 0 Å². The van der Waals surface area contributed by atoms with Gasteiger partial charge in [0.05, 0.1) is 14.2 Å². The van der Waals surface area contributed by atoms with Crippen LogP contribution in [0.5, 0.6) is 11.5 Å². The van der Waals surface area contributed by atoms with Gasteiger partial charge in [0, 0.05) is 0 Å². The molecule has 66 valence electrons. The first-order valence-electron chi connectivity index (χ1n) is 4.02. The molecule has 12 heavy (non-hydrogen) atoms. The van der Waals surface area contributed by atoms with Crippen molar-refractivity contribution in [2.24, 2.45) is 0 Å². The highest BCUT2D eigenvalue weighted by Crippen LogP contribution is 2.27. The van der Waals surface area contributed by atoms with Crippen LogP contribution in [0.3, 0.4) is 0 Å². The third-order valence-corrected chi connectivity index (χ3v) is 1.86. The van der Waals surface area contributed by atoms with Gasteiger partial charge in [0.15, 0.2) is 11.5 Å². The van der Waals surface area contributed by atoms with Gasteiger partial charge < -0.3 is 9.47 Å². The zero-order chi connectivity index (χ0) is 8.97. The summed E-state index contributed by atoms with van der Waals surface area (Å²) < 4.78 is 10.3. The van der Waals surface area contributed by atoms with Crippen LogP contribution in [0.1, 0.15) is 12.5 Å². The Bertz CT molecular complexity index is 256. The Morgan fingerprint density at radius 2 is 1.75 bits per heavy atom. The van der Waals surface area contributed by atoms with E-state index in [0.29, 0.717) is 0 Å². The topological polar surface area (TPSA) is 18.5 Å². The lowest BCUT2D eigenvalue weighted by Crippen LogP contribution is -1.91. The molecule has 0 bridgehead atoms. The Labute approximate surface area is 73.1 Å². The maximum absolute atomic E-state index is 5.15. The van der Waals surface area contributed by atoms with Crippen molar-refractivity contribution in [2.45, 2.75) is 13.3 Å². The number of hydrogen-bond donors (Lipinski definition) is 0. The van der Waals surface area contributed by atoms with E-state index in [-0.39, 0.29) is 0 Å². The maximum atomic E-state index is 5.15. The lowest BCUT2D eigenvalue weighted by atomic mass is 10.1. The standard InChI is InChI=1S/C10H14O2/c1-4-8-5-6-9(11-2)10(7-8)12-3/h5-7H,4H2,1-3H3. The van der Waals surface area contributed by atoms with E-state index in [1.54, 1.807) is 14.2 Å². The molecular formula is C10H14O2. The van der Waals surface area contributed by atoms with Gasteiger partial charge in [-0.2, -0.15) is 0 Å². The fourth-order valence-corrected chi connectivity index (χ4v) is 1.10. The zero-order valence-electron chi connectivity index (χ0n) is 7.76. The van der Waals surface area contributed by atoms with Crippen molar-refractivity contribution in [2.75, 3.05) is 14.2 Å². The normalized spacial score (nSPS) is 9.58. The van der Waals surface area contributed by atoms with Gasteiger partial charge >= 0.3 is 0 Å². The molecule has 0 aliphatic heterocycles. The van der Waals surface area contributed by atoms with Crippen LogP contribution < -0.4 is 9.47 Å². The molecule has 0 atom stereocenters. The molecule has 2 nitrogen and oxygen atoms in total. The Balaban J connectivity index is 3.02. The van der Waals surface area contributed by atoms with E-state index >= 15 is 0 Å². The summed E-state index contributed by atoms with van der Waals surface area (Å²) in [5.74, 6) is 1.59. The molecular weight excluding hydrogens is 152 g/mol. The average Bonchev–Trinajstić information content (AvgIpc) is 2.16. The Morgan fingerprint density at radius 3 is 2.25 bits per heavy atom. The Kier molecular flexibility index (Phi) is 2.97. The van der Waals surface area contributed by atoms with Crippen LogP contribution in [-0.4, -0.2) is 14.2 Å². The third kappa shape index (κ3) is 1.70. The number of aryl methyl sites for hydroxylation is 1. The van der Waals surface area contributed by atoms with Gasteiger partial charge in [0.1, 0.15) is 0 Å². The van der Waals surface area contributed by atoms with Gasteiger partial charge in [-0.3, -0.25) is 0 Å². The second-order valence-corrected chi connectivity index (χ2v) is 2.54. The molecule has 0 radical (unpaired) electrons. The van der Waals surface area contributed by atoms with Crippen molar-refractivity contribution in [3.63, 3.8) is 0 Å². The third-order valence-electron chi connectivity index (χ3n) is 1.86. The second-order valence-electron chi connectivity index (χ2n) is 2.54. The summed E-state index contributed by atoms with van der Waals surface area (Å²) in [7, 11) is 3.29. The summed E-state index contributed by atoms with van der Waals surface area (Å²) in [6.07, 6.45) is 1.01. The van der Waals surface area contributed by atoms with E-state index in [2.05, 4.69) is 6.92 Å². The quantitative estimate of drug-likeness (QED) is 0.685. The van der Waals surface area contributed by atoms with Crippen molar-refractivity contribution in [1.82, 2.24) is 0 Å². The fourth-order valence-electron chi connectivity index (χ4n) is 1.10. The number of rotatable bonds is 3.